The number of aliphatic imine (C=N–C) groups is 1. The van der Waals surface area contributed by atoms with Gasteiger partial charge >= 0.3 is 0 Å². The van der Waals surface area contributed by atoms with Crippen LogP contribution in [-0.4, -0.2) is 50.6 Å². The normalized spacial score (nSPS) is 17.2. The third-order valence-electron chi connectivity index (χ3n) is 5.82. The third kappa shape index (κ3) is 7.89. The van der Waals surface area contributed by atoms with E-state index in [1.165, 1.54) is 24.0 Å². The molecule has 0 aromatic heterocycles. The molecule has 1 aliphatic heterocycles. The Bertz CT molecular complexity index is 663. The second-order valence-corrected chi connectivity index (χ2v) is 8.01. The van der Waals surface area contributed by atoms with E-state index < -0.39 is 0 Å². The van der Waals surface area contributed by atoms with Gasteiger partial charge in [0.2, 0.25) is 0 Å². The summed E-state index contributed by atoms with van der Waals surface area (Å²) >= 11 is 0. The molecule has 170 valence electrons. The maximum Gasteiger partial charge on any atom is 0.191 e. The minimum absolute atomic E-state index is 0. The van der Waals surface area contributed by atoms with Crippen molar-refractivity contribution >= 4 is 29.9 Å². The molecule has 3 rings (SSSR count). The largest absolute Gasteiger partial charge is 0.508 e. The van der Waals surface area contributed by atoms with E-state index in [0.717, 1.165) is 83.1 Å². The first-order chi connectivity index (χ1) is 14.3. The average Bonchev–Trinajstić information content (AvgIpc) is 2.76. The number of benzene rings is 1. The summed E-state index contributed by atoms with van der Waals surface area (Å²) < 4.78 is 11.2. The highest BCUT2D eigenvalue weighted by Crippen LogP contribution is 2.31. The molecule has 2 aliphatic rings. The summed E-state index contributed by atoms with van der Waals surface area (Å²) in [7, 11) is 0. The van der Waals surface area contributed by atoms with Crippen molar-refractivity contribution in [2.75, 3.05) is 39.5 Å². The number of rotatable bonds is 9. The van der Waals surface area contributed by atoms with Crippen LogP contribution in [0.25, 0.3) is 0 Å². The highest BCUT2D eigenvalue weighted by molar-refractivity contribution is 14.0. The molecule has 7 heteroatoms. The fourth-order valence-electron chi connectivity index (χ4n) is 4.11. The Hall–Kier alpha value is -1.06. The van der Waals surface area contributed by atoms with E-state index in [9.17, 15) is 5.11 Å². The van der Waals surface area contributed by atoms with Gasteiger partial charge in [-0.25, -0.2) is 4.99 Å². The van der Waals surface area contributed by atoms with E-state index in [1.54, 1.807) is 0 Å². The molecule has 3 N–H and O–H groups in total. The lowest BCUT2D eigenvalue weighted by Crippen LogP contribution is -2.38. The predicted molar refractivity (Wildman–Crippen MR) is 132 cm³/mol. The molecule has 0 spiro atoms. The number of phenols is 1. The fourth-order valence-corrected chi connectivity index (χ4v) is 4.11. The van der Waals surface area contributed by atoms with Crippen LogP contribution in [-0.2, 0) is 28.9 Å². The van der Waals surface area contributed by atoms with Crippen LogP contribution in [0.5, 0.6) is 5.75 Å². The number of fused-ring (bicyclic) bond motifs is 1. The quantitative estimate of drug-likeness (QED) is 0.196. The first kappa shape index (κ1) is 25.2. The lowest BCUT2D eigenvalue weighted by molar-refractivity contribution is 0.0203. The van der Waals surface area contributed by atoms with Gasteiger partial charge in [-0.3, -0.25) is 0 Å². The molecule has 1 fully saturated rings. The van der Waals surface area contributed by atoms with E-state index in [4.69, 9.17) is 14.5 Å². The van der Waals surface area contributed by atoms with Crippen LogP contribution in [0.1, 0.15) is 55.7 Å². The molecular formula is C23H38IN3O3. The molecular weight excluding hydrogens is 493 g/mol. The number of nitrogens with zero attached hydrogens (tertiary/aromatic N) is 1. The lowest BCUT2D eigenvalue weighted by atomic mass is 9.88. The lowest BCUT2D eigenvalue weighted by Gasteiger charge is -2.21. The zero-order chi connectivity index (χ0) is 20.3. The summed E-state index contributed by atoms with van der Waals surface area (Å²) in [4.78, 5) is 4.72. The van der Waals surface area contributed by atoms with Gasteiger partial charge in [-0.05, 0) is 75.0 Å². The molecule has 0 radical (unpaired) electrons. The van der Waals surface area contributed by atoms with Gasteiger partial charge in [-0.2, -0.15) is 0 Å². The third-order valence-corrected chi connectivity index (χ3v) is 5.82. The Kier molecular flexibility index (Phi) is 11.8. The van der Waals surface area contributed by atoms with Crippen LogP contribution in [0, 0.1) is 5.92 Å². The summed E-state index contributed by atoms with van der Waals surface area (Å²) in [6, 6.07) is 3.89. The smallest absolute Gasteiger partial charge is 0.191 e. The Morgan fingerprint density at radius 2 is 2.00 bits per heavy atom. The highest BCUT2D eigenvalue weighted by atomic mass is 127. The van der Waals surface area contributed by atoms with Gasteiger partial charge in [0, 0.05) is 45.1 Å². The summed E-state index contributed by atoms with van der Waals surface area (Å²) in [5, 5.41) is 17.0. The van der Waals surface area contributed by atoms with Gasteiger partial charge in [0.25, 0.3) is 0 Å². The molecule has 1 aromatic rings. The number of nitrogens with one attached hydrogen (secondary N) is 2. The van der Waals surface area contributed by atoms with Gasteiger partial charge in [0.1, 0.15) is 5.75 Å². The summed E-state index contributed by atoms with van der Waals surface area (Å²) in [5.41, 5.74) is 3.66. The first-order valence-electron chi connectivity index (χ1n) is 11.3. The first-order valence-corrected chi connectivity index (χ1v) is 11.3. The SMILES string of the molecule is CCNC(=NCc1c(O)ccc2c1CCCC2)NCCCOCC1CCOCC1.I. The molecule has 0 saturated carbocycles. The predicted octanol–water partition coefficient (Wildman–Crippen LogP) is 3.78. The summed E-state index contributed by atoms with van der Waals surface area (Å²) in [6.07, 6.45) is 7.76. The van der Waals surface area contributed by atoms with Crippen LogP contribution >= 0.6 is 24.0 Å². The topological polar surface area (TPSA) is 75.1 Å². The molecule has 0 bridgehead atoms. The Morgan fingerprint density at radius 3 is 2.80 bits per heavy atom. The van der Waals surface area contributed by atoms with Crippen molar-refractivity contribution in [1.29, 1.82) is 0 Å². The molecule has 1 heterocycles. The fraction of sp³-hybridized carbons (Fsp3) is 0.696. The van der Waals surface area contributed by atoms with Crippen molar-refractivity contribution in [2.45, 2.75) is 58.4 Å². The molecule has 1 aromatic carbocycles. The number of hydrogen-bond acceptors (Lipinski definition) is 4. The Balaban J connectivity index is 0.00000320. The van der Waals surface area contributed by atoms with Crippen LogP contribution in [0.2, 0.25) is 0 Å². The van der Waals surface area contributed by atoms with Gasteiger partial charge in [0.05, 0.1) is 6.54 Å². The molecule has 1 saturated heterocycles. The summed E-state index contributed by atoms with van der Waals surface area (Å²) in [6.45, 7) is 7.55. The van der Waals surface area contributed by atoms with Crippen LogP contribution in [0.15, 0.2) is 17.1 Å². The number of ether oxygens (including phenoxy) is 2. The van der Waals surface area contributed by atoms with E-state index in [2.05, 4.69) is 23.6 Å². The van der Waals surface area contributed by atoms with Crippen molar-refractivity contribution in [3.63, 3.8) is 0 Å². The molecule has 0 amide bonds. The number of hydrogen-bond donors (Lipinski definition) is 3. The number of phenolic OH excluding ortho intramolecular Hbond substituents is 1. The van der Waals surface area contributed by atoms with Crippen LogP contribution in [0.4, 0.5) is 0 Å². The molecule has 30 heavy (non-hydrogen) atoms. The molecule has 0 atom stereocenters. The molecule has 0 unspecified atom stereocenters. The van der Waals surface area contributed by atoms with Gasteiger partial charge in [0.15, 0.2) is 5.96 Å². The van der Waals surface area contributed by atoms with Crippen molar-refractivity contribution in [2.24, 2.45) is 10.9 Å². The molecule has 6 nitrogen and oxygen atoms in total. The monoisotopic (exact) mass is 531 g/mol. The van der Waals surface area contributed by atoms with Crippen LogP contribution in [0.3, 0.4) is 0 Å². The number of halogens is 1. The minimum atomic E-state index is 0. The second kappa shape index (κ2) is 14.1. The maximum atomic E-state index is 10.4. The van der Waals surface area contributed by atoms with Crippen molar-refractivity contribution < 1.29 is 14.6 Å². The van der Waals surface area contributed by atoms with E-state index in [-0.39, 0.29) is 24.0 Å². The summed E-state index contributed by atoms with van der Waals surface area (Å²) in [5.74, 6) is 1.82. The van der Waals surface area contributed by atoms with Gasteiger partial charge in [-0.1, -0.05) is 6.07 Å². The van der Waals surface area contributed by atoms with Crippen LogP contribution < -0.4 is 10.6 Å². The van der Waals surface area contributed by atoms with Gasteiger partial charge < -0.3 is 25.2 Å². The average molecular weight is 531 g/mol. The standard InChI is InChI=1S/C23H37N3O3.HI/c1-2-24-23(25-12-5-13-29-17-18-10-14-28-15-11-18)26-16-21-20-7-4-3-6-19(20)8-9-22(21)27;/h8-9,18,27H,2-7,10-17H2,1H3,(H2,24,25,26);1H. The maximum absolute atomic E-state index is 10.4. The zero-order valence-electron chi connectivity index (χ0n) is 18.3. The number of guanidine groups is 1. The van der Waals surface area contributed by atoms with E-state index in [1.807, 2.05) is 6.07 Å². The van der Waals surface area contributed by atoms with Gasteiger partial charge in [-0.15, -0.1) is 24.0 Å². The number of aromatic hydroxyl groups is 1. The molecule has 1 aliphatic carbocycles. The van der Waals surface area contributed by atoms with E-state index in [0.29, 0.717) is 18.2 Å². The van der Waals surface area contributed by atoms with Crippen molar-refractivity contribution in [3.05, 3.63) is 28.8 Å². The van der Waals surface area contributed by atoms with Crippen molar-refractivity contribution in [1.82, 2.24) is 10.6 Å². The second-order valence-electron chi connectivity index (χ2n) is 8.01. The van der Waals surface area contributed by atoms with Crippen molar-refractivity contribution in [3.8, 4) is 5.75 Å². The highest BCUT2D eigenvalue weighted by Gasteiger charge is 2.16. The Morgan fingerprint density at radius 1 is 1.20 bits per heavy atom. The minimum Gasteiger partial charge on any atom is -0.508 e. The van der Waals surface area contributed by atoms with E-state index >= 15 is 0 Å². The Labute approximate surface area is 198 Å². The zero-order valence-corrected chi connectivity index (χ0v) is 20.6. The number of aryl methyl sites for hydroxylation is 1.